The van der Waals surface area contributed by atoms with Crippen LogP contribution in [0.15, 0.2) is 57.1 Å². The number of ether oxygens (including phenoxy) is 1. The molecule has 0 saturated heterocycles. The van der Waals surface area contributed by atoms with Gasteiger partial charge in [0.25, 0.3) is 5.91 Å². The molecule has 0 fully saturated rings. The van der Waals surface area contributed by atoms with Gasteiger partial charge >= 0.3 is 5.63 Å². The second kappa shape index (κ2) is 8.83. The fraction of sp³-hybridized carbons (Fsp3) is 0.269. The van der Waals surface area contributed by atoms with Gasteiger partial charge in [0.15, 0.2) is 11.7 Å². The quantitative estimate of drug-likeness (QED) is 0.382. The largest absolute Gasteiger partial charge is 0.484 e. The number of benzene rings is 2. The van der Waals surface area contributed by atoms with Gasteiger partial charge < -0.3 is 9.15 Å². The van der Waals surface area contributed by atoms with Gasteiger partial charge in [-0.05, 0) is 48.4 Å². The van der Waals surface area contributed by atoms with Gasteiger partial charge in [0.1, 0.15) is 11.3 Å². The molecule has 1 aliphatic carbocycles. The smallest absolute Gasteiger partial charge is 0.339 e. The van der Waals surface area contributed by atoms with Crippen LogP contribution in [0.1, 0.15) is 42.9 Å². The third kappa shape index (κ3) is 4.41. The number of aromatic nitrogens is 1. The second-order valence-corrected chi connectivity index (χ2v) is 9.37. The molecule has 1 aliphatic rings. The molecule has 6 nitrogen and oxygen atoms in total. The van der Waals surface area contributed by atoms with Gasteiger partial charge in [-0.15, -0.1) is 11.3 Å². The van der Waals surface area contributed by atoms with Gasteiger partial charge in [0.05, 0.1) is 5.69 Å². The maximum atomic E-state index is 12.4. The Labute approximate surface area is 195 Å². The fourth-order valence-electron chi connectivity index (χ4n) is 4.16. The molecule has 33 heavy (non-hydrogen) atoms. The van der Waals surface area contributed by atoms with E-state index < -0.39 is 0 Å². The van der Waals surface area contributed by atoms with E-state index >= 15 is 0 Å². The van der Waals surface area contributed by atoms with Crippen molar-refractivity contribution in [2.75, 3.05) is 11.9 Å². The summed E-state index contributed by atoms with van der Waals surface area (Å²) in [7, 11) is 0. The van der Waals surface area contributed by atoms with Crippen LogP contribution in [0, 0.1) is 0 Å². The number of hydrogen-bond acceptors (Lipinski definition) is 6. The molecular formula is C26H24N2O4S. The molecule has 7 heteroatoms. The Bertz CT molecular complexity index is 1390. The Balaban J connectivity index is 1.23. The lowest BCUT2D eigenvalue weighted by Crippen LogP contribution is -2.20. The van der Waals surface area contributed by atoms with Gasteiger partial charge in [-0.3, -0.25) is 10.1 Å². The topological polar surface area (TPSA) is 81.4 Å². The molecule has 168 valence electrons. The van der Waals surface area contributed by atoms with Crippen LogP contribution in [0.3, 0.4) is 0 Å². The molecule has 0 unspecified atom stereocenters. The summed E-state index contributed by atoms with van der Waals surface area (Å²) in [6.07, 6.45) is 2.63. The maximum Gasteiger partial charge on any atom is 0.339 e. The van der Waals surface area contributed by atoms with Crippen LogP contribution in [0.2, 0.25) is 0 Å². The summed E-state index contributed by atoms with van der Waals surface area (Å²) >= 11 is 1.37. The van der Waals surface area contributed by atoms with Crippen molar-refractivity contribution < 1.29 is 13.9 Å². The Morgan fingerprint density at radius 3 is 2.73 bits per heavy atom. The number of aryl methyl sites for hydroxylation is 1. The second-order valence-electron chi connectivity index (χ2n) is 8.51. The highest BCUT2D eigenvalue weighted by molar-refractivity contribution is 7.14. The van der Waals surface area contributed by atoms with Crippen LogP contribution in [0.4, 0.5) is 5.13 Å². The van der Waals surface area contributed by atoms with E-state index in [1.165, 1.54) is 16.9 Å². The predicted molar refractivity (Wildman–Crippen MR) is 130 cm³/mol. The van der Waals surface area contributed by atoms with Crippen LogP contribution in [0.25, 0.3) is 22.2 Å². The summed E-state index contributed by atoms with van der Waals surface area (Å²) in [4.78, 5) is 29.1. The van der Waals surface area contributed by atoms with Crippen LogP contribution in [-0.2, 0) is 17.6 Å². The van der Waals surface area contributed by atoms with Crippen LogP contribution in [0.5, 0.6) is 5.75 Å². The number of thiazole rings is 1. The van der Waals surface area contributed by atoms with Crippen molar-refractivity contribution in [3.63, 3.8) is 0 Å². The Kier molecular flexibility index (Phi) is 5.72. The average Bonchev–Trinajstić information content (AvgIpc) is 3.48. The number of anilines is 1. The van der Waals surface area contributed by atoms with Crippen LogP contribution in [-0.4, -0.2) is 17.5 Å². The van der Waals surface area contributed by atoms with Crippen molar-refractivity contribution in [3.8, 4) is 17.0 Å². The highest BCUT2D eigenvalue weighted by Gasteiger charge is 2.20. The highest BCUT2D eigenvalue weighted by Crippen LogP contribution is 2.30. The first-order valence-electron chi connectivity index (χ1n) is 11.0. The Morgan fingerprint density at radius 1 is 1.15 bits per heavy atom. The number of carbonyl (C=O) groups is 1. The van der Waals surface area contributed by atoms with Crippen molar-refractivity contribution in [1.29, 1.82) is 0 Å². The summed E-state index contributed by atoms with van der Waals surface area (Å²) < 4.78 is 11.1. The summed E-state index contributed by atoms with van der Waals surface area (Å²) in [5, 5.41) is 6.16. The molecular weight excluding hydrogens is 436 g/mol. The lowest BCUT2D eigenvalue weighted by atomic mass is 10.0. The minimum atomic E-state index is -0.304. The number of fused-ring (bicyclic) bond motifs is 3. The van der Waals surface area contributed by atoms with Crippen molar-refractivity contribution >= 4 is 33.3 Å². The number of hydrogen-bond donors (Lipinski definition) is 1. The third-order valence-electron chi connectivity index (χ3n) is 5.94. The highest BCUT2D eigenvalue weighted by atomic mass is 32.1. The van der Waals surface area contributed by atoms with E-state index in [0.717, 1.165) is 47.0 Å². The molecule has 2 heterocycles. The molecule has 1 amide bonds. The van der Waals surface area contributed by atoms with Crippen molar-refractivity contribution in [2.24, 2.45) is 0 Å². The molecule has 0 radical (unpaired) electrons. The molecule has 2 aromatic heterocycles. The first kappa shape index (κ1) is 21.4. The fourth-order valence-corrected chi connectivity index (χ4v) is 4.90. The normalized spacial score (nSPS) is 12.8. The predicted octanol–water partition coefficient (Wildman–Crippen LogP) is 5.55. The zero-order valence-corrected chi connectivity index (χ0v) is 19.3. The zero-order chi connectivity index (χ0) is 22.9. The Morgan fingerprint density at radius 2 is 1.94 bits per heavy atom. The maximum absolute atomic E-state index is 12.4. The number of nitrogens with one attached hydrogen (secondary N) is 1. The molecule has 0 atom stereocenters. The van der Waals surface area contributed by atoms with Gasteiger partial charge in [0.2, 0.25) is 0 Å². The van der Waals surface area contributed by atoms with Crippen molar-refractivity contribution in [1.82, 2.24) is 4.98 Å². The molecule has 0 spiro atoms. The average molecular weight is 461 g/mol. The van der Waals surface area contributed by atoms with Crippen LogP contribution >= 0.6 is 11.3 Å². The first-order valence-corrected chi connectivity index (χ1v) is 11.9. The summed E-state index contributed by atoms with van der Waals surface area (Å²) in [6, 6.07) is 13.7. The summed E-state index contributed by atoms with van der Waals surface area (Å²) in [5.74, 6) is 0.647. The minimum absolute atomic E-state index is 0.168. The molecule has 4 aromatic rings. The van der Waals surface area contributed by atoms with Crippen molar-refractivity contribution in [3.05, 3.63) is 75.0 Å². The molecule has 0 saturated carbocycles. The number of carbonyl (C=O) groups excluding carboxylic acids is 1. The lowest BCUT2D eigenvalue weighted by Gasteiger charge is -2.08. The number of nitrogens with zero attached hydrogens (tertiary/aromatic N) is 1. The number of amides is 1. The summed E-state index contributed by atoms with van der Waals surface area (Å²) in [6.45, 7) is 4.15. The van der Waals surface area contributed by atoms with Gasteiger partial charge in [-0.2, -0.15) is 0 Å². The molecule has 1 N–H and O–H groups in total. The van der Waals surface area contributed by atoms with E-state index in [9.17, 15) is 9.59 Å². The van der Waals surface area contributed by atoms with Crippen molar-refractivity contribution in [2.45, 2.75) is 39.0 Å². The first-order chi connectivity index (χ1) is 16.0. The monoisotopic (exact) mass is 460 g/mol. The lowest BCUT2D eigenvalue weighted by molar-refractivity contribution is -0.118. The van der Waals surface area contributed by atoms with Gasteiger partial charge in [-0.1, -0.05) is 38.1 Å². The zero-order valence-electron chi connectivity index (χ0n) is 18.5. The van der Waals surface area contributed by atoms with E-state index in [1.54, 1.807) is 12.1 Å². The molecule has 5 rings (SSSR count). The van der Waals surface area contributed by atoms with Crippen LogP contribution < -0.4 is 15.7 Å². The standard InChI is InChI=1S/C26H24N2O4S/c1-15(2)16-6-8-17(9-7-16)22-14-33-26(27-22)28-24(29)13-31-18-10-11-20-19-4-3-5-21(19)25(30)32-23(20)12-18/h6-12,14-15H,3-5,13H2,1-2H3,(H,27,28,29). The van der Waals surface area contributed by atoms with Gasteiger partial charge in [-0.25, -0.2) is 9.78 Å². The molecule has 0 bridgehead atoms. The van der Waals surface area contributed by atoms with E-state index in [2.05, 4.69) is 36.3 Å². The number of rotatable bonds is 6. The third-order valence-corrected chi connectivity index (χ3v) is 6.70. The minimum Gasteiger partial charge on any atom is -0.484 e. The van der Waals surface area contributed by atoms with E-state index in [0.29, 0.717) is 22.4 Å². The van der Waals surface area contributed by atoms with E-state index in [-0.39, 0.29) is 18.1 Å². The van der Waals surface area contributed by atoms with Gasteiger partial charge in [0, 0.05) is 28.0 Å². The molecule has 2 aromatic carbocycles. The SMILES string of the molecule is CC(C)c1ccc(-c2csc(NC(=O)COc3ccc4c5c(c(=O)oc4c3)CCC5)n2)cc1. The van der Waals surface area contributed by atoms with E-state index in [1.807, 2.05) is 23.6 Å². The summed E-state index contributed by atoms with van der Waals surface area (Å²) in [5.41, 5.74) is 5.19. The molecule has 0 aliphatic heterocycles. The van der Waals surface area contributed by atoms with E-state index in [4.69, 9.17) is 9.15 Å². The Hall–Kier alpha value is -3.45.